The van der Waals surface area contributed by atoms with E-state index >= 15 is 0 Å². The summed E-state index contributed by atoms with van der Waals surface area (Å²) in [7, 11) is -4.67. The third kappa shape index (κ3) is 37.2. The van der Waals surface area contributed by atoms with Crippen LogP contribution in [0.4, 0.5) is 0 Å². The van der Waals surface area contributed by atoms with E-state index in [0.717, 1.165) is 50.9 Å². The molecule has 0 aliphatic rings. The Kier molecular flexibility index (Phi) is 34.8. The van der Waals surface area contributed by atoms with Crippen LogP contribution >= 0.6 is 7.82 Å². The van der Waals surface area contributed by atoms with Gasteiger partial charge in [0.05, 0.1) is 32.0 Å². The minimum atomic E-state index is -4.67. The van der Waals surface area contributed by atoms with Gasteiger partial charge in [0, 0.05) is 12.8 Å². The molecule has 0 amide bonds. The van der Waals surface area contributed by atoms with E-state index < -0.39 is 70.6 Å². The fraction of sp³-hybridized carbons (Fsp3) is 0.762. The Hall–Kier alpha value is -2.15. The molecule has 0 fully saturated rings. The summed E-state index contributed by atoms with van der Waals surface area (Å²) in [6.07, 6.45) is 28.8. The van der Waals surface area contributed by atoms with Crippen molar-refractivity contribution in [2.75, 3.05) is 26.4 Å². The van der Waals surface area contributed by atoms with Crippen LogP contribution in [0.5, 0.6) is 0 Å². The Morgan fingerprint density at radius 2 is 1.15 bits per heavy atom. The largest absolute Gasteiger partial charge is 0.472 e. The molecule has 55 heavy (non-hydrogen) atoms. The van der Waals surface area contributed by atoms with Gasteiger partial charge in [0.15, 0.2) is 6.10 Å². The summed E-state index contributed by atoms with van der Waals surface area (Å²) in [4.78, 5) is 34.9. The molecule has 0 saturated carbocycles. The Bertz CT molecular complexity index is 1110. The zero-order valence-corrected chi connectivity index (χ0v) is 34.9. The highest BCUT2D eigenvalue weighted by Gasteiger charge is 2.27. The molecular formula is C42H75O12P. The second-order valence-corrected chi connectivity index (χ2v) is 16.0. The summed E-state index contributed by atoms with van der Waals surface area (Å²) in [5, 5.41) is 38.4. The molecule has 0 heterocycles. The van der Waals surface area contributed by atoms with E-state index in [1.165, 1.54) is 44.9 Å². The lowest BCUT2D eigenvalue weighted by atomic mass is 10.0. The number of rotatable bonds is 37. The Morgan fingerprint density at radius 3 is 1.71 bits per heavy atom. The monoisotopic (exact) mass is 802 g/mol. The molecule has 13 heteroatoms. The lowest BCUT2D eigenvalue weighted by molar-refractivity contribution is -0.161. The van der Waals surface area contributed by atoms with Crippen molar-refractivity contribution in [2.45, 2.75) is 174 Å². The molecular weight excluding hydrogens is 727 g/mol. The second-order valence-electron chi connectivity index (χ2n) is 14.5. The molecule has 0 aliphatic heterocycles. The Labute approximate surface area is 331 Å². The van der Waals surface area contributed by atoms with Crippen LogP contribution in [-0.4, -0.2) is 88.1 Å². The average molecular weight is 803 g/mol. The summed E-state index contributed by atoms with van der Waals surface area (Å²) in [6, 6.07) is 0. The molecule has 0 radical (unpaired) electrons. The molecule has 0 aromatic rings. The fourth-order valence-corrected chi connectivity index (χ4v) is 6.12. The number of carbonyl (C=O) groups excluding carboxylic acids is 2. The van der Waals surface area contributed by atoms with Crippen LogP contribution < -0.4 is 0 Å². The van der Waals surface area contributed by atoms with Gasteiger partial charge in [-0.2, -0.15) is 0 Å². The topological polar surface area (TPSA) is 189 Å². The molecule has 0 aromatic heterocycles. The number of esters is 2. The summed E-state index contributed by atoms with van der Waals surface area (Å²) in [5.74, 6) is -0.386. The molecule has 5 atom stereocenters. The van der Waals surface area contributed by atoms with Crippen LogP contribution in [0.15, 0.2) is 48.6 Å². The molecule has 0 spiro atoms. The van der Waals surface area contributed by atoms with E-state index in [-0.39, 0.29) is 12.8 Å². The average Bonchev–Trinajstić information content (AvgIpc) is 3.14. The van der Waals surface area contributed by atoms with E-state index in [9.17, 15) is 34.4 Å². The lowest BCUT2D eigenvalue weighted by Crippen LogP contribution is -2.30. The number of carbonyl (C=O) groups is 2. The number of ether oxygens (including phenoxy) is 2. The van der Waals surface area contributed by atoms with Gasteiger partial charge in [-0.1, -0.05) is 153 Å². The number of hydrogen-bond acceptors (Lipinski definition) is 11. The van der Waals surface area contributed by atoms with Crippen molar-refractivity contribution in [3.05, 3.63) is 48.6 Å². The number of phosphoric acid groups is 1. The minimum absolute atomic E-state index is 0.00728. The number of phosphoric ester groups is 1. The van der Waals surface area contributed by atoms with E-state index in [1.54, 1.807) is 18.2 Å². The van der Waals surface area contributed by atoms with E-state index in [2.05, 4.69) is 25.3 Å². The summed E-state index contributed by atoms with van der Waals surface area (Å²) in [6.45, 7) is 4.29. The molecule has 5 N–H and O–H groups in total. The zero-order valence-electron chi connectivity index (χ0n) is 34.0. The third-order valence-corrected chi connectivity index (χ3v) is 9.57. The molecule has 1 unspecified atom stereocenters. The number of aliphatic hydroxyl groups is 4. The summed E-state index contributed by atoms with van der Waals surface area (Å²) in [5.41, 5.74) is 0. The van der Waals surface area contributed by atoms with Crippen LogP contribution in [0, 0.1) is 5.92 Å². The highest BCUT2D eigenvalue weighted by Crippen LogP contribution is 2.43. The van der Waals surface area contributed by atoms with Gasteiger partial charge >= 0.3 is 19.8 Å². The first-order chi connectivity index (χ1) is 26.4. The first-order valence-corrected chi connectivity index (χ1v) is 22.2. The van der Waals surface area contributed by atoms with Crippen molar-refractivity contribution in [1.82, 2.24) is 0 Å². The van der Waals surface area contributed by atoms with Crippen LogP contribution in [0.3, 0.4) is 0 Å². The van der Waals surface area contributed by atoms with Crippen molar-refractivity contribution in [3.63, 3.8) is 0 Å². The molecule has 0 aromatic carbocycles. The first kappa shape index (κ1) is 52.9. The van der Waals surface area contributed by atoms with Crippen molar-refractivity contribution >= 4 is 19.8 Å². The molecule has 0 aliphatic carbocycles. The SMILES string of the molecule is CCCCC[C@H](O)/C=C/C=C\C/C=C\C=C\[C@H](O)CCCC(=O)OC[C@H](COP(=O)(O)OC[C@@H](O)CO)OC(=O)CCCCCCCCCCCCC(C)C. The summed E-state index contributed by atoms with van der Waals surface area (Å²) < 4.78 is 32.5. The Morgan fingerprint density at radius 1 is 0.636 bits per heavy atom. The second kappa shape index (κ2) is 36.2. The smallest absolute Gasteiger partial charge is 0.462 e. The maximum Gasteiger partial charge on any atom is 0.472 e. The van der Waals surface area contributed by atoms with E-state index in [4.69, 9.17) is 19.1 Å². The fourth-order valence-electron chi connectivity index (χ4n) is 5.33. The molecule has 320 valence electrons. The molecule has 0 rings (SSSR count). The lowest BCUT2D eigenvalue weighted by Gasteiger charge is -2.20. The van der Waals surface area contributed by atoms with Crippen molar-refractivity contribution in [3.8, 4) is 0 Å². The van der Waals surface area contributed by atoms with Gasteiger partial charge in [0.2, 0.25) is 0 Å². The van der Waals surface area contributed by atoms with Gasteiger partial charge in [0.25, 0.3) is 0 Å². The predicted octanol–water partition coefficient (Wildman–Crippen LogP) is 8.35. The number of unbranched alkanes of at least 4 members (excludes halogenated alkanes) is 11. The van der Waals surface area contributed by atoms with Gasteiger partial charge in [0.1, 0.15) is 12.7 Å². The van der Waals surface area contributed by atoms with E-state index in [1.807, 2.05) is 30.4 Å². The quantitative estimate of drug-likeness (QED) is 0.0175. The Balaban J connectivity index is 4.57. The maximum absolute atomic E-state index is 12.6. The normalized spacial score (nSPS) is 15.7. The molecule has 12 nitrogen and oxygen atoms in total. The standard InChI is InChI=1S/C42H75O12P/c1-4-5-19-26-37(44)27-21-16-12-10-13-17-22-28-38(45)29-24-31-41(47)51-34-40(35-53-55(49,50)52-33-39(46)32-43)54-42(48)30-23-18-14-9-7-6-8-11-15-20-25-36(2)3/h12-13,16-17,21-22,27-28,36-40,43-46H,4-11,14-15,18-20,23-26,29-35H2,1-3H3,(H,49,50)/b16-12-,17-13-,27-21+,28-22+/t37-,38-,39-,40+/m0/s1. The van der Waals surface area contributed by atoms with Gasteiger partial charge in [-0.15, -0.1) is 0 Å². The summed E-state index contributed by atoms with van der Waals surface area (Å²) >= 11 is 0. The zero-order chi connectivity index (χ0) is 41.0. The first-order valence-electron chi connectivity index (χ1n) is 20.7. The van der Waals surface area contributed by atoms with Gasteiger partial charge in [-0.25, -0.2) is 4.57 Å². The molecule has 0 saturated heterocycles. The predicted molar refractivity (Wildman–Crippen MR) is 217 cm³/mol. The van der Waals surface area contributed by atoms with E-state index in [0.29, 0.717) is 25.7 Å². The van der Waals surface area contributed by atoms with Gasteiger partial charge < -0.3 is 34.8 Å². The number of hydrogen-bond donors (Lipinski definition) is 5. The van der Waals surface area contributed by atoms with Crippen LogP contribution in [0.25, 0.3) is 0 Å². The number of aliphatic hydroxyl groups excluding tert-OH is 4. The van der Waals surface area contributed by atoms with Crippen molar-refractivity contribution < 1.29 is 58.0 Å². The minimum Gasteiger partial charge on any atom is -0.462 e. The highest BCUT2D eigenvalue weighted by molar-refractivity contribution is 7.47. The van der Waals surface area contributed by atoms with Gasteiger partial charge in [-0.3, -0.25) is 18.6 Å². The molecule has 0 bridgehead atoms. The van der Waals surface area contributed by atoms with Crippen LogP contribution in [0.1, 0.15) is 149 Å². The highest BCUT2D eigenvalue weighted by atomic mass is 31.2. The van der Waals surface area contributed by atoms with Crippen molar-refractivity contribution in [2.24, 2.45) is 5.92 Å². The maximum atomic E-state index is 12.6. The van der Waals surface area contributed by atoms with Crippen molar-refractivity contribution in [1.29, 1.82) is 0 Å². The third-order valence-electron chi connectivity index (χ3n) is 8.62. The van der Waals surface area contributed by atoms with Crippen LogP contribution in [0.2, 0.25) is 0 Å². The van der Waals surface area contributed by atoms with Gasteiger partial charge in [-0.05, 0) is 38.0 Å². The number of allylic oxidation sites excluding steroid dienone is 6. The van der Waals surface area contributed by atoms with Crippen LogP contribution in [-0.2, 0) is 32.7 Å².